The monoisotopic (exact) mass is 505 g/mol. The lowest BCUT2D eigenvalue weighted by Gasteiger charge is -2.36. The van der Waals surface area contributed by atoms with Crippen molar-refractivity contribution in [3.8, 4) is 0 Å². The fourth-order valence-electron chi connectivity index (χ4n) is 4.30. The second kappa shape index (κ2) is 13.3. The standard InChI is InChI=1S/C27H29N3O5.C2H6/c1-3-20(17-21(4-2)22-9-6-5-7-10-22)18-28-13-15-29(16-14-28)23-11-8-12-24-25(23)35-26(31)30(24)19-34-27(32)33;1-2/h3-12,17H,1,13-16,18-19H2,2H3,(H,32,33);1-2H3/b20-17+,21-4+;. The number of hydrogen-bond donors (Lipinski definition) is 1. The van der Waals surface area contributed by atoms with Crippen molar-refractivity contribution >= 4 is 28.5 Å². The SMILES string of the molecule is C=C/C(=C\C(=C/C)c1ccccc1)CN1CCN(c2cccc3c2oc(=O)n3COC(=O)O)CC1.CC. The molecule has 1 N–H and O–H groups in total. The zero-order valence-electron chi connectivity index (χ0n) is 21.7. The highest BCUT2D eigenvalue weighted by Crippen LogP contribution is 2.27. The molecule has 4 rings (SSSR count). The maximum Gasteiger partial charge on any atom is 0.507 e. The number of fused-ring (bicyclic) bond motifs is 1. The molecule has 1 fully saturated rings. The van der Waals surface area contributed by atoms with Gasteiger partial charge in [-0.3, -0.25) is 4.90 Å². The molecule has 2 heterocycles. The summed E-state index contributed by atoms with van der Waals surface area (Å²) in [6.07, 6.45) is 4.76. The molecule has 2 aromatic carbocycles. The highest BCUT2D eigenvalue weighted by atomic mass is 16.7. The van der Waals surface area contributed by atoms with Gasteiger partial charge in [-0.2, -0.15) is 0 Å². The molecule has 1 aliphatic heterocycles. The molecular formula is C29H35N3O5. The van der Waals surface area contributed by atoms with Gasteiger partial charge >= 0.3 is 11.9 Å². The molecule has 1 aromatic heterocycles. The van der Waals surface area contributed by atoms with Crippen molar-refractivity contribution < 1.29 is 19.1 Å². The number of ether oxygens (including phenoxy) is 1. The Morgan fingerprint density at radius 1 is 1.08 bits per heavy atom. The van der Waals surface area contributed by atoms with Crippen molar-refractivity contribution in [1.29, 1.82) is 0 Å². The second-order valence-corrected chi connectivity index (χ2v) is 8.26. The van der Waals surface area contributed by atoms with Crippen molar-refractivity contribution in [1.82, 2.24) is 9.47 Å². The third-order valence-corrected chi connectivity index (χ3v) is 6.13. The largest absolute Gasteiger partial charge is 0.507 e. The summed E-state index contributed by atoms with van der Waals surface area (Å²) in [6.45, 7) is 13.6. The lowest BCUT2D eigenvalue weighted by Crippen LogP contribution is -2.46. The normalized spacial score (nSPS) is 14.7. The summed E-state index contributed by atoms with van der Waals surface area (Å²) in [5, 5.41) is 8.76. The van der Waals surface area contributed by atoms with E-state index < -0.39 is 18.6 Å². The van der Waals surface area contributed by atoms with Crippen molar-refractivity contribution in [2.75, 3.05) is 37.6 Å². The molecule has 8 nitrogen and oxygen atoms in total. The van der Waals surface area contributed by atoms with Gasteiger partial charge in [0, 0.05) is 32.7 Å². The van der Waals surface area contributed by atoms with E-state index in [2.05, 4.69) is 45.4 Å². The molecule has 0 spiro atoms. The molecule has 0 atom stereocenters. The zero-order valence-corrected chi connectivity index (χ0v) is 21.7. The number of para-hydroxylation sites is 1. The molecule has 0 aliphatic carbocycles. The van der Waals surface area contributed by atoms with E-state index in [1.165, 1.54) is 10.1 Å². The van der Waals surface area contributed by atoms with E-state index in [0.717, 1.165) is 49.6 Å². The van der Waals surface area contributed by atoms with Gasteiger partial charge < -0.3 is 19.2 Å². The third-order valence-electron chi connectivity index (χ3n) is 6.13. The van der Waals surface area contributed by atoms with Gasteiger partial charge in [-0.1, -0.05) is 75.1 Å². The lowest BCUT2D eigenvalue weighted by molar-refractivity contribution is 0.0639. The summed E-state index contributed by atoms with van der Waals surface area (Å²) in [7, 11) is 0. The number of anilines is 1. The molecular weight excluding hydrogens is 470 g/mol. The molecule has 8 heteroatoms. The van der Waals surface area contributed by atoms with Crippen LogP contribution in [0.4, 0.5) is 10.5 Å². The predicted octanol–water partition coefficient (Wildman–Crippen LogP) is 5.61. The van der Waals surface area contributed by atoms with Gasteiger partial charge in [0.1, 0.15) is 0 Å². The van der Waals surface area contributed by atoms with Crippen LogP contribution in [0.1, 0.15) is 26.3 Å². The van der Waals surface area contributed by atoms with Gasteiger partial charge in [0.05, 0.1) is 11.2 Å². The number of piperazine rings is 1. The van der Waals surface area contributed by atoms with E-state index in [4.69, 9.17) is 9.52 Å². The third kappa shape index (κ3) is 6.80. The number of hydrogen-bond acceptors (Lipinski definition) is 6. The Kier molecular flexibility index (Phi) is 9.92. The topological polar surface area (TPSA) is 88.1 Å². The van der Waals surface area contributed by atoms with E-state index in [0.29, 0.717) is 11.1 Å². The summed E-state index contributed by atoms with van der Waals surface area (Å²) in [5.74, 6) is -0.647. The number of carboxylic acid groups (broad SMARTS) is 1. The van der Waals surface area contributed by atoms with Crippen molar-refractivity contribution in [2.24, 2.45) is 0 Å². The first-order valence-electron chi connectivity index (χ1n) is 12.5. The van der Waals surface area contributed by atoms with Gasteiger partial charge in [-0.25, -0.2) is 14.2 Å². The summed E-state index contributed by atoms with van der Waals surface area (Å²) >= 11 is 0. The van der Waals surface area contributed by atoms with Crippen molar-refractivity contribution in [2.45, 2.75) is 27.5 Å². The van der Waals surface area contributed by atoms with Gasteiger partial charge in [-0.05, 0) is 35.8 Å². The van der Waals surface area contributed by atoms with E-state index >= 15 is 0 Å². The van der Waals surface area contributed by atoms with Crippen LogP contribution in [0.3, 0.4) is 0 Å². The van der Waals surface area contributed by atoms with Crippen LogP contribution < -0.4 is 10.7 Å². The molecule has 0 unspecified atom stereocenters. The molecule has 1 saturated heterocycles. The Bertz CT molecular complexity index is 1310. The van der Waals surface area contributed by atoms with Crippen LogP contribution in [0.2, 0.25) is 0 Å². The van der Waals surface area contributed by atoms with Crippen LogP contribution in [0.25, 0.3) is 16.7 Å². The summed E-state index contributed by atoms with van der Waals surface area (Å²) in [5.41, 5.74) is 5.25. The van der Waals surface area contributed by atoms with E-state index in [-0.39, 0.29) is 0 Å². The maximum atomic E-state index is 12.3. The summed E-state index contributed by atoms with van der Waals surface area (Å²) in [4.78, 5) is 27.6. The van der Waals surface area contributed by atoms with Crippen LogP contribution in [-0.4, -0.2) is 53.5 Å². The fourth-order valence-corrected chi connectivity index (χ4v) is 4.30. The average molecular weight is 506 g/mol. The molecule has 1 aliphatic rings. The first kappa shape index (κ1) is 27.5. The molecule has 0 amide bonds. The van der Waals surface area contributed by atoms with Crippen LogP contribution in [-0.2, 0) is 11.5 Å². The Hall–Kier alpha value is -4.04. The Balaban J connectivity index is 0.00000186. The smallest absolute Gasteiger partial charge is 0.450 e. The van der Waals surface area contributed by atoms with Crippen molar-refractivity contribution in [3.63, 3.8) is 0 Å². The Morgan fingerprint density at radius 3 is 2.41 bits per heavy atom. The summed E-state index contributed by atoms with van der Waals surface area (Å²) < 4.78 is 11.2. The number of oxazole rings is 1. The van der Waals surface area contributed by atoms with Gasteiger partial charge in [0.25, 0.3) is 0 Å². The molecule has 37 heavy (non-hydrogen) atoms. The highest BCUT2D eigenvalue weighted by molar-refractivity contribution is 5.87. The van der Waals surface area contributed by atoms with Crippen LogP contribution in [0.15, 0.2) is 88.1 Å². The molecule has 196 valence electrons. The van der Waals surface area contributed by atoms with E-state index in [1.807, 2.05) is 57.2 Å². The minimum atomic E-state index is -1.45. The number of nitrogens with zero attached hydrogens (tertiary/aromatic N) is 3. The average Bonchev–Trinajstić information content (AvgIpc) is 3.26. The van der Waals surface area contributed by atoms with E-state index in [9.17, 15) is 9.59 Å². The summed E-state index contributed by atoms with van der Waals surface area (Å²) in [6, 6.07) is 15.8. The first-order chi connectivity index (χ1) is 18.0. The minimum absolute atomic E-state index is 0.410. The fraction of sp³-hybridized carbons (Fsp3) is 0.310. The second-order valence-electron chi connectivity index (χ2n) is 8.26. The highest BCUT2D eigenvalue weighted by Gasteiger charge is 2.22. The molecule has 0 bridgehead atoms. The van der Waals surface area contributed by atoms with Gasteiger partial charge in [-0.15, -0.1) is 0 Å². The Labute approximate surface area is 217 Å². The Morgan fingerprint density at radius 2 is 1.78 bits per heavy atom. The quantitative estimate of drug-likeness (QED) is 0.314. The molecule has 0 radical (unpaired) electrons. The number of aromatic nitrogens is 1. The number of rotatable bonds is 8. The first-order valence-corrected chi connectivity index (χ1v) is 12.5. The zero-order chi connectivity index (χ0) is 26.8. The van der Waals surface area contributed by atoms with E-state index in [1.54, 1.807) is 6.07 Å². The van der Waals surface area contributed by atoms with Crippen LogP contribution in [0, 0.1) is 0 Å². The number of carbonyl (C=O) groups is 1. The van der Waals surface area contributed by atoms with Crippen LogP contribution >= 0.6 is 0 Å². The molecule has 0 saturated carbocycles. The molecule has 3 aromatic rings. The lowest BCUT2D eigenvalue weighted by atomic mass is 10.0. The number of allylic oxidation sites excluding steroid dienone is 3. The van der Waals surface area contributed by atoms with Crippen molar-refractivity contribution in [3.05, 3.63) is 95.0 Å². The minimum Gasteiger partial charge on any atom is -0.450 e. The predicted molar refractivity (Wildman–Crippen MR) is 148 cm³/mol. The number of benzene rings is 2. The van der Waals surface area contributed by atoms with Gasteiger partial charge in [0.15, 0.2) is 12.3 Å². The van der Waals surface area contributed by atoms with Gasteiger partial charge in [0.2, 0.25) is 0 Å². The van der Waals surface area contributed by atoms with Crippen LogP contribution in [0.5, 0.6) is 0 Å². The maximum absolute atomic E-state index is 12.3.